The Morgan fingerprint density at radius 2 is 1.24 bits per heavy atom. The molecule has 0 bridgehead atoms. The summed E-state index contributed by atoms with van der Waals surface area (Å²) in [5.74, 6) is -2.22. The number of phenolic OH excluding ortho intramolecular Hbond substituents is 1. The Bertz CT molecular complexity index is 682. The molecule has 0 aliphatic rings. The number of hydrogen-bond acceptors (Lipinski definition) is 3. The summed E-state index contributed by atoms with van der Waals surface area (Å²) >= 11 is 0. The molecule has 5 nitrogen and oxygen atoms in total. The number of benzene rings is 2. The number of carboxylic acids is 2. The lowest BCUT2D eigenvalue weighted by atomic mass is 10.0. The van der Waals surface area contributed by atoms with Gasteiger partial charge >= 0.3 is 11.9 Å². The molecule has 0 aliphatic heterocycles. The first-order chi connectivity index (χ1) is 9.95. The standard InChI is InChI=1S/C16H12O5/c17-14-5-3-10(4-6-14)1-2-11-7-12(15(18)19)9-13(8-11)16(20)21/h1-9,17H,(H,18,19)(H,20,21)/b2-1+. The van der Waals surface area contributed by atoms with Gasteiger partial charge in [0, 0.05) is 0 Å². The maximum absolute atomic E-state index is 11.0. The van der Waals surface area contributed by atoms with E-state index in [-0.39, 0.29) is 16.9 Å². The van der Waals surface area contributed by atoms with Crippen LogP contribution in [0, 0.1) is 0 Å². The summed E-state index contributed by atoms with van der Waals surface area (Å²) in [7, 11) is 0. The van der Waals surface area contributed by atoms with Crippen molar-refractivity contribution in [2.75, 3.05) is 0 Å². The number of aromatic carboxylic acids is 2. The summed E-state index contributed by atoms with van der Waals surface area (Å²) in [6, 6.07) is 10.3. The van der Waals surface area contributed by atoms with Gasteiger partial charge in [-0.3, -0.25) is 0 Å². The van der Waals surface area contributed by atoms with Gasteiger partial charge in [0.05, 0.1) is 11.1 Å². The van der Waals surface area contributed by atoms with E-state index in [1.165, 1.54) is 24.3 Å². The van der Waals surface area contributed by atoms with Crippen molar-refractivity contribution in [3.63, 3.8) is 0 Å². The molecule has 0 saturated carbocycles. The average Bonchev–Trinajstić information content (AvgIpc) is 2.46. The fourth-order valence-electron chi connectivity index (χ4n) is 1.77. The molecule has 0 unspecified atom stereocenters. The van der Waals surface area contributed by atoms with Gasteiger partial charge < -0.3 is 15.3 Å². The van der Waals surface area contributed by atoms with E-state index in [4.69, 9.17) is 10.2 Å². The third-order valence-corrected chi connectivity index (χ3v) is 2.81. The molecule has 0 fully saturated rings. The van der Waals surface area contributed by atoms with Gasteiger partial charge in [-0.25, -0.2) is 9.59 Å². The van der Waals surface area contributed by atoms with E-state index in [0.717, 1.165) is 11.6 Å². The fraction of sp³-hybridized carbons (Fsp3) is 0. The third kappa shape index (κ3) is 3.70. The van der Waals surface area contributed by atoms with Crippen LogP contribution >= 0.6 is 0 Å². The summed E-state index contributed by atoms with van der Waals surface area (Å²) in [5, 5.41) is 27.2. The van der Waals surface area contributed by atoms with Crippen LogP contribution in [-0.2, 0) is 0 Å². The minimum Gasteiger partial charge on any atom is -0.508 e. The third-order valence-electron chi connectivity index (χ3n) is 2.81. The van der Waals surface area contributed by atoms with Crippen LogP contribution in [0.4, 0.5) is 0 Å². The maximum Gasteiger partial charge on any atom is 0.335 e. The fourth-order valence-corrected chi connectivity index (χ4v) is 1.77. The molecule has 2 aromatic carbocycles. The molecule has 0 spiro atoms. The predicted octanol–water partition coefficient (Wildman–Crippen LogP) is 2.96. The molecule has 21 heavy (non-hydrogen) atoms. The van der Waals surface area contributed by atoms with Crippen LogP contribution in [0.5, 0.6) is 5.75 Å². The molecular weight excluding hydrogens is 272 g/mol. The first kappa shape index (κ1) is 14.3. The first-order valence-corrected chi connectivity index (χ1v) is 6.04. The molecule has 0 saturated heterocycles. The second kappa shape index (κ2) is 5.92. The summed E-state index contributed by atoms with van der Waals surface area (Å²) in [6.45, 7) is 0. The van der Waals surface area contributed by atoms with Gasteiger partial charge in [-0.15, -0.1) is 0 Å². The van der Waals surface area contributed by atoms with Crippen molar-refractivity contribution in [1.29, 1.82) is 0 Å². The molecule has 3 N–H and O–H groups in total. The minimum atomic E-state index is -1.18. The van der Waals surface area contributed by atoms with Gasteiger partial charge in [-0.1, -0.05) is 24.3 Å². The Balaban J connectivity index is 2.36. The lowest BCUT2D eigenvalue weighted by Crippen LogP contribution is -2.02. The highest BCUT2D eigenvalue weighted by atomic mass is 16.4. The largest absolute Gasteiger partial charge is 0.508 e. The highest BCUT2D eigenvalue weighted by Crippen LogP contribution is 2.16. The number of carboxylic acid groups (broad SMARTS) is 2. The zero-order valence-electron chi connectivity index (χ0n) is 10.9. The molecule has 5 heteroatoms. The van der Waals surface area contributed by atoms with Crippen molar-refractivity contribution in [2.45, 2.75) is 0 Å². The van der Waals surface area contributed by atoms with E-state index in [2.05, 4.69) is 0 Å². The van der Waals surface area contributed by atoms with Crippen LogP contribution in [0.2, 0.25) is 0 Å². The van der Waals surface area contributed by atoms with Crippen molar-refractivity contribution < 1.29 is 24.9 Å². The Labute approximate surface area is 120 Å². The van der Waals surface area contributed by atoms with Gasteiger partial charge in [-0.05, 0) is 41.5 Å². The second-order valence-electron chi connectivity index (χ2n) is 4.38. The topological polar surface area (TPSA) is 94.8 Å². The van der Waals surface area contributed by atoms with Crippen molar-refractivity contribution in [1.82, 2.24) is 0 Å². The minimum absolute atomic E-state index is 0.0831. The number of carbonyl (C=O) groups is 2. The molecule has 0 amide bonds. The zero-order chi connectivity index (χ0) is 15.4. The van der Waals surface area contributed by atoms with Gasteiger partial charge in [0.15, 0.2) is 0 Å². The summed E-state index contributed by atoms with van der Waals surface area (Å²) in [6.07, 6.45) is 3.32. The molecule has 0 aliphatic carbocycles. The normalized spacial score (nSPS) is 10.7. The Morgan fingerprint density at radius 1 is 0.762 bits per heavy atom. The lowest BCUT2D eigenvalue weighted by molar-refractivity contribution is 0.0696. The quantitative estimate of drug-likeness (QED) is 0.750. The van der Waals surface area contributed by atoms with Crippen LogP contribution < -0.4 is 0 Å². The van der Waals surface area contributed by atoms with E-state index in [1.807, 2.05) is 0 Å². The smallest absolute Gasteiger partial charge is 0.335 e. The highest BCUT2D eigenvalue weighted by Gasteiger charge is 2.10. The van der Waals surface area contributed by atoms with Crippen LogP contribution in [0.1, 0.15) is 31.8 Å². The molecule has 2 rings (SSSR count). The van der Waals surface area contributed by atoms with Crippen molar-refractivity contribution in [3.05, 3.63) is 64.7 Å². The Morgan fingerprint density at radius 3 is 1.71 bits per heavy atom. The molecule has 0 radical (unpaired) electrons. The first-order valence-electron chi connectivity index (χ1n) is 6.04. The predicted molar refractivity (Wildman–Crippen MR) is 77.4 cm³/mol. The average molecular weight is 284 g/mol. The Kier molecular flexibility index (Phi) is 4.04. The van der Waals surface area contributed by atoms with Gasteiger partial charge in [0.1, 0.15) is 5.75 Å². The van der Waals surface area contributed by atoms with Crippen LogP contribution in [-0.4, -0.2) is 27.3 Å². The van der Waals surface area contributed by atoms with E-state index in [1.54, 1.807) is 24.3 Å². The van der Waals surface area contributed by atoms with Crippen LogP contribution in [0.3, 0.4) is 0 Å². The summed E-state index contributed by atoms with van der Waals surface area (Å²) < 4.78 is 0. The SMILES string of the molecule is O=C(O)c1cc(/C=C/c2ccc(O)cc2)cc(C(=O)O)c1. The van der Waals surface area contributed by atoms with E-state index >= 15 is 0 Å². The Hall–Kier alpha value is -3.08. The van der Waals surface area contributed by atoms with Crippen molar-refractivity contribution in [2.24, 2.45) is 0 Å². The van der Waals surface area contributed by atoms with E-state index in [0.29, 0.717) is 5.56 Å². The molecule has 0 heterocycles. The lowest BCUT2D eigenvalue weighted by Gasteiger charge is -2.02. The van der Waals surface area contributed by atoms with Crippen molar-refractivity contribution in [3.8, 4) is 5.75 Å². The van der Waals surface area contributed by atoms with E-state index < -0.39 is 11.9 Å². The van der Waals surface area contributed by atoms with Crippen molar-refractivity contribution >= 4 is 24.1 Å². The molecule has 106 valence electrons. The van der Waals surface area contributed by atoms with Gasteiger partial charge in [-0.2, -0.15) is 0 Å². The number of hydrogen-bond donors (Lipinski definition) is 3. The number of rotatable bonds is 4. The van der Waals surface area contributed by atoms with Gasteiger partial charge in [0.2, 0.25) is 0 Å². The second-order valence-corrected chi connectivity index (χ2v) is 4.38. The van der Waals surface area contributed by atoms with E-state index in [9.17, 15) is 14.7 Å². The molecule has 2 aromatic rings. The van der Waals surface area contributed by atoms with Crippen LogP contribution in [0.15, 0.2) is 42.5 Å². The highest BCUT2D eigenvalue weighted by molar-refractivity contribution is 5.95. The van der Waals surface area contributed by atoms with Crippen LogP contribution in [0.25, 0.3) is 12.2 Å². The zero-order valence-corrected chi connectivity index (χ0v) is 10.9. The molecule has 0 aromatic heterocycles. The summed E-state index contributed by atoms with van der Waals surface area (Å²) in [5.41, 5.74) is 1.10. The molecular formula is C16H12O5. The maximum atomic E-state index is 11.0. The molecule has 0 atom stereocenters. The van der Waals surface area contributed by atoms with Gasteiger partial charge in [0.25, 0.3) is 0 Å². The monoisotopic (exact) mass is 284 g/mol. The summed E-state index contributed by atoms with van der Waals surface area (Å²) in [4.78, 5) is 22.0. The number of aromatic hydroxyl groups is 1. The number of phenols is 1.